The molecular weight excluding hydrogens is 571 g/mol. The second-order valence-corrected chi connectivity index (χ2v) is 11.5. The van der Waals surface area contributed by atoms with Crippen LogP contribution in [0.15, 0.2) is 176 Å². The van der Waals surface area contributed by atoms with Crippen molar-refractivity contribution in [2.45, 2.75) is 0 Å². The van der Waals surface area contributed by atoms with Crippen LogP contribution in [0.2, 0.25) is 0 Å². The predicted molar refractivity (Wildman–Crippen MR) is 196 cm³/mol. The van der Waals surface area contributed by atoms with Crippen molar-refractivity contribution in [1.29, 1.82) is 0 Å². The van der Waals surface area contributed by atoms with Crippen LogP contribution in [-0.4, -0.2) is 14.5 Å². The molecule has 0 N–H and O–H groups in total. The van der Waals surface area contributed by atoms with E-state index in [-0.39, 0.29) is 17.6 Å². The zero-order valence-electron chi connectivity index (χ0n) is 30.2. The van der Waals surface area contributed by atoms with Gasteiger partial charge in [0.1, 0.15) is 5.82 Å². The zero-order chi connectivity index (χ0) is 35.5. The summed E-state index contributed by atoms with van der Waals surface area (Å²) in [7, 11) is 0. The lowest BCUT2D eigenvalue weighted by molar-refractivity contribution is 1.10. The second-order valence-electron chi connectivity index (χ2n) is 11.5. The molecule has 3 nitrogen and oxygen atoms in total. The van der Waals surface area contributed by atoms with E-state index in [1.54, 1.807) is 6.20 Å². The van der Waals surface area contributed by atoms with Gasteiger partial charge in [-0.15, -0.1) is 0 Å². The van der Waals surface area contributed by atoms with Gasteiger partial charge >= 0.3 is 0 Å². The van der Waals surface area contributed by atoms with Crippen molar-refractivity contribution in [3.05, 3.63) is 176 Å². The van der Waals surface area contributed by atoms with Gasteiger partial charge in [0, 0.05) is 29.2 Å². The van der Waals surface area contributed by atoms with Gasteiger partial charge in [-0.3, -0.25) is 9.55 Å². The Morgan fingerprint density at radius 2 is 1.11 bits per heavy atom. The minimum Gasteiger partial charge on any atom is -0.292 e. The molecule has 0 aliphatic heterocycles. The smallest absolute Gasteiger partial charge is 0.145 e. The van der Waals surface area contributed by atoms with E-state index < -0.39 is 18.1 Å². The molecule has 3 heteroatoms. The van der Waals surface area contributed by atoms with Crippen LogP contribution in [0, 0.1) is 0 Å². The summed E-state index contributed by atoms with van der Waals surface area (Å²) in [6.45, 7) is 0. The molecule has 0 spiro atoms. The molecule has 2 aromatic heterocycles. The monoisotopic (exact) mass is 604 g/mol. The Kier molecular flexibility index (Phi) is 5.32. The summed E-state index contributed by atoms with van der Waals surface area (Å²) in [5, 5.41) is 4.55. The third kappa shape index (κ3) is 4.60. The molecule has 0 saturated carbocycles. The summed E-state index contributed by atoms with van der Waals surface area (Å²) < 4.78 is 44.1. The number of hydrogen-bond donors (Lipinski definition) is 0. The Labute approximate surface area is 280 Å². The number of hydrogen-bond acceptors (Lipinski definition) is 2. The van der Waals surface area contributed by atoms with Crippen LogP contribution in [0.5, 0.6) is 0 Å². The fourth-order valence-corrected chi connectivity index (χ4v) is 6.73. The maximum absolute atomic E-state index is 8.71. The predicted octanol–water partition coefficient (Wildman–Crippen LogP) is 11.4. The lowest BCUT2D eigenvalue weighted by atomic mass is 9.85. The third-order valence-electron chi connectivity index (χ3n) is 8.78. The average molecular weight is 605 g/mol. The van der Waals surface area contributed by atoms with E-state index >= 15 is 0 Å². The summed E-state index contributed by atoms with van der Waals surface area (Å²) in [6.07, 6.45) is 3.68. The van der Waals surface area contributed by atoms with Gasteiger partial charge in [-0.2, -0.15) is 0 Å². The second kappa shape index (κ2) is 11.2. The molecule has 9 rings (SSSR count). The largest absolute Gasteiger partial charge is 0.292 e. The van der Waals surface area contributed by atoms with Crippen molar-refractivity contribution in [2.24, 2.45) is 0 Å². The van der Waals surface area contributed by atoms with Crippen LogP contribution in [-0.2, 0) is 0 Å². The van der Waals surface area contributed by atoms with Crippen molar-refractivity contribution in [3.63, 3.8) is 0 Å². The Morgan fingerprint density at radius 3 is 1.79 bits per heavy atom. The number of imidazole rings is 1. The topological polar surface area (TPSA) is 30.7 Å². The molecule has 0 amide bonds. The molecule has 0 radical (unpaired) electrons. The number of fused-ring (bicyclic) bond motifs is 3. The number of rotatable bonds is 5. The van der Waals surface area contributed by atoms with Crippen LogP contribution in [0.4, 0.5) is 0 Å². The van der Waals surface area contributed by atoms with Gasteiger partial charge in [-0.1, -0.05) is 127 Å². The number of pyridine rings is 1. The molecule has 0 aliphatic rings. The molecule has 0 fully saturated rings. The van der Waals surface area contributed by atoms with Crippen LogP contribution in [0.3, 0.4) is 0 Å². The van der Waals surface area contributed by atoms with E-state index in [0.29, 0.717) is 11.3 Å². The SMILES string of the molecule is [2H]c1c([2H])c([2H])c(-c2nc3ccccc3n2-c2ccc(-c3c4ccccc4c(-c4cccc(-c5cccnc5)c4)c4ccccc34)cc2)c([2H])c1[2H]. The maximum Gasteiger partial charge on any atom is 0.145 e. The molecule has 0 aliphatic carbocycles. The van der Waals surface area contributed by atoms with Crippen molar-refractivity contribution >= 4 is 32.6 Å². The number of para-hydroxylation sites is 2. The van der Waals surface area contributed by atoms with Gasteiger partial charge < -0.3 is 0 Å². The van der Waals surface area contributed by atoms with Crippen molar-refractivity contribution in [1.82, 2.24) is 14.5 Å². The minimum absolute atomic E-state index is 0.0615. The van der Waals surface area contributed by atoms with Crippen molar-refractivity contribution in [2.75, 3.05) is 0 Å². The highest BCUT2D eigenvalue weighted by atomic mass is 15.1. The maximum atomic E-state index is 8.71. The minimum atomic E-state index is -0.433. The van der Waals surface area contributed by atoms with Gasteiger partial charge in [0.2, 0.25) is 0 Å². The first-order valence-electron chi connectivity index (χ1n) is 18.0. The molecule has 2 heterocycles. The fraction of sp³-hybridized carbons (Fsp3) is 0. The first-order chi connectivity index (χ1) is 25.4. The van der Waals surface area contributed by atoms with E-state index in [2.05, 4.69) is 96.0 Å². The number of benzene rings is 7. The summed E-state index contributed by atoms with van der Waals surface area (Å²) in [4.78, 5) is 9.15. The molecule has 0 atom stereocenters. The Bertz CT molecular complexity index is 2760. The van der Waals surface area contributed by atoms with Gasteiger partial charge in [0.05, 0.1) is 17.9 Å². The molecule has 9 aromatic rings. The summed E-state index contributed by atoms with van der Waals surface area (Å²) in [5.74, 6) is 0.291. The average Bonchev–Trinajstić information content (AvgIpc) is 3.58. The van der Waals surface area contributed by atoms with Crippen molar-refractivity contribution < 1.29 is 6.85 Å². The van der Waals surface area contributed by atoms with Gasteiger partial charge in [0.15, 0.2) is 0 Å². The summed E-state index contributed by atoms with van der Waals surface area (Å²) in [5.41, 5.74) is 8.87. The van der Waals surface area contributed by atoms with Crippen LogP contribution in [0.25, 0.3) is 83.0 Å². The van der Waals surface area contributed by atoms with Crippen LogP contribution in [0.1, 0.15) is 6.85 Å². The molecular formula is C44H29N3. The van der Waals surface area contributed by atoms with Crippen LogP contribution < -0.4 is 0 Å². The van der Waals surface area contributed by atoms with Gasteiger partial charge in [0.25, 0.3) is 0 Å². The van der Waals surface area contributed by atoms with E-state index in [4.69, 9.17) is 11.8 Å². The van der Waals surface area contributed by atoms with E-state index in [1.807, 2.05) is 53.2 Å². The molecule has 7 aromatic carbocycles. The Balaban J connectivity index is 1.24. The van der Waals surface area contributed by atoms with E-state index in [1.165, 1.54) is 5.56 Å². The van der Waals surface area contributed by atoms with Crippen molar-refractivity contribution in [3.8, 4) is 50.5 Å². The summed E-state index contributed by atoms with van der Waals surface area (Å²) >= 11 is 0. The highest BCUT2D eigenvalue weighted by Gasteiger charge is 2.18. The fourth-order valence-electron chi connectivity index (χ4n) is 6.73. The zero-order valence-corrected chi connectivity index (χ0v) is 25.2. The normalized spacial score (nSPS) is 12.9. The van der Waals surface area contributed by atoms with E-state index in [9.17, 15) is 0 Å². The van der Waals surface area contributed by atoms with Crippen LogP contribution >= 0.6 is 0 Å². The molecule has 0 unspecified atom stereocenters. The lowest BCUT2D eigenvalue weighted by Crippen LogP contribution is -1.98. The number of aromatic nitrogens is 3. The standard InChI is InChI=1S/C44H29N3/c1-2-12-31(13-3-1)44-46-40-21-8-9-22-41(40)47(44)35-25-23-30(24-26-35)42-36-17-4-6-19-38(36)43(39-20-7-5-18-37(39)42)33-15-10-14-32(28-33)34-16-11-27-45-29-34/h1-29H/i1D,2D,3D,12D,13D. The van der Waals surface area contributed by atoms with Gasteiger partial charge in [-0.05, 0) is 85.8 Å². The first-order valence-corrected chi connectivity index (χ1v) is 15.5. The highest BCUT2D eigenvalue weighted by molar-refractivity contribution is 6.21. The first kappa shape index (κ1) is 22.2. The molecule has 0 saturated heterocycles. The molecule has 47 heavy (non-hydrogen) atoms. The highest BCUT2D eigenvalue weighted by Crippen LogP contribution is 2.44. The Morgan fingerprint density at radius 1 is 0.489 bits per heavy atom. The summed E-state index contributed by atoms with van der Waals surface area (Å²) in [6, 6.07) is 43.7. The molecule has 220 valence electrons. The number of nitrogens with zero attached hydrogens (tertiary/aromatic N) is 3. The molecule has 0 bridgehead atoms. The quantitative estimate of drug-likeness (QED) is 0.183. The Hall–Kier alpha value is -6.32. The van der Waals surface area contributed by atoms with E-state index in [0.717, 1.165) is 60.6 Å². The third-order valence-corrected chi connectivity index (χ3v) is 8.78. The lowest BCUT2D eigenvalue weighted by Gasteiger charge is -2.18. The van der Waals surface area contributed by atoms with Gasteiger partial charge in [-0.25, -0.2) is 4.98 Å².